The number of unbranched alkanes of at least 4 members (excludes halogenated alkanes) is 2. The average Bonchev–Trinajstić information content (AvgIpc) is 2.66. The van der Waals surface area contributed by atoms with Gasteiger partial charge in [-0.3, -0.25) is 10.4 Å². The molecule has 0 amide bonds. The third-order valence-electron chi connectivity index (χ3n) is 4.42. The molecule has 1 unspecified atom stereocenters. The van der Waals surface area contributed by atoms with Gasteiger partial charge in [-0.05, 0) is 45.2 Å². The molecule has 0 heterocycles. The summed E-state index contributed by atoms with van der Waals surface area (Å²) in [6, 6.07) is 6.76. The largest absolute Gasteiger partial charge is 0.384 e. The van der Waals surface area contributed by atoms with Crippen molar-refractivity contribution >= 4 is 21.6 Å². The van der Waals surface area contributed by atoms with Crippen LogP contribution in [0.5, 0.6) is 0 Å². The molecule has 0 bridgehead atoms. The van der Waals surface area contributed by atoms with Gasteiger partial charge < -0.3 is 5.73 Å². The van der Waals surface area contributed by atoms with Crippen molar-refractivity contribution in [3.05, 3.63) is 58.6 Å². The number of allylic oxidation sites excluding steroid dienone is 3. The van der Waals surface area contributed by atoms with E-state index in [-0.39, 0.29) is 10.7 Å². The average molecular weight is 405 g/mol. The Labute approximate surface area is 169 Å². The van der Waals surface area contributed by atoms with E-state index in [0.29, 0.717) is 17.7 Å². The van der Waals surface area contributed by atoms with Crippen LogP contribution in [-0.2, 0) is 16.4 Å². The van der Waals surface area contributed by atoms with Crippen LogP contribution < -0.4 is 10.5 Å². The van der Waals surface area contributed by atoms with Crippen molar-refractivity contribution < 1.29 is 8.42 Å². The lowest BCUT2D eigenvalue weighted by Crippen LogP contribution is -2.41. The van der Waals surface area contributed by atoms with Crippen LogP contribution in [0.4, 0.5) is 0 Å². The van der Waals surface area contributed by atoms with Crippen LogP contribution in [0.1, 0.15) is 58.1 Å². The van der Waals surface area contributed by atoms with E-state index in [0.717, 1.165) is 24.8 Å². The third kappa shape index (κ3) is 7.78. The van der Waals surface area contributed by atoms with Gasteiger partial charge in [0.1, 0.15) is 5.84 Å². The van der Waals surface area contributed by atoms with Gasteiger partial charge in [0.15, 0.2) is 0 Å². The number of benzene rings is 1. The van der Waals surface area contributed by atoms with E-state index in [4.69, 9.17) is 11.1 Å². The molecule has 0 saturated heterocycles. The molecule has 28 heavy (non-hydrogen) atoms. The van der Waals surface area contributed by atoms with Gasteiger partial charge in [0.05, 0.1) is 10.9 Å². The molecule has 0 saturated carbocycles. The van der Waals surface area contributed by atoms with Gasteiger partial charge in [-0.15, -0.1) is 0 Å². The molecule has 0 aliphatic carbocycles. The first kappa shape index (κ1) is 23.8. The number of nitrogens with two attached hydrogens (primary N) is 1. The molecule has 6 nitrogen and oxygen atoms in total. The maximum absolute atomic E-state index is 12.6. The van der Waals surface area contributed by atoms with Gasteiger partial charge in [0, 0.05) is 17.5 Å². The van der Waals surface area contributed by atoms with Crippen LogP contribution >= 0.6 is 0 Å². The van der Waals surface area contributed by atoms with Crippen LogP contribution in [-0.4, -0.2) is 26.0 Å². The first-order valence-electron chi connectivity index (χ1n) is 9.49. The molecule has 4 N–H and O–H groups in total. The first-order valence-corrected chi connectivity index (χ1v) is 11.0. The molecule has 1 aromatic rings. The van der Waals surface area contributed by atoms with E-state index in [1.165, 1.54) is 0 Å². The fourth-order valence-corrected chi connectivity index (χ4v) is 3.59. The van der Waals surface area contributed by atoms with E-state index in [1.54, 1.807) is 38.3 Å². The summed E-state index contributed by atoms with van der Waals surface area (Å²) in [5.41, 5.74) is 7.73. The van der Waals surface area contributed by atoms with E-state index < -0.39 is 16.1 Å². The second-order valence-electron chi connectivity index (χ2n) is 6.69. The zero-order chi connectivity index (χ0) is 21.2. The first-order chi connectivity index (χ1) is 13.2. The zero-order valence-electron chi connectivity index (χ0n) is 17.2. The highest BCUT2D eigenvalue weighted by Gasteiger charge is 2.22. The quantitative estimate of drug-likeness (QED) is 0.296. The van der Waals surface area contributed by atoms with Gasteiger partial charge in [0.2, 0.25) is 10.0 Å². The summed E-state index contributed by atoms with van der Waals surface area (Å²) < 4.78 is 27.8. The minimum Gasteiger partial charge on any atom is -0.384 e. The lowest BCUT2D eigenvalue weighted by molar-refractivity contribution is 0.580. The number of nitrogens with one attached hydrogen (secondary N) is 2. The van der Waals surface area contributed by atoms with Crippen LogP contribution in [0.15, 0.2) is 52.5 Å². The van der Waals surface area contributed by atoms with Gasteiger partial charge in [-0.1, -0.05) is 50.1 Å². The molecule has 0 aliphatic heterocycles. The van der Waals surface area contributed by atoms with E-state index in [2.05, 4.69) is 16.6 Å². The normalized spacial score (nSPS) is 14.4. The fraction of sp³-hybridized carbons (Fsp3) is 0.429. The molecular weight excluding hydrogens is 372 g/mol. The number of aliphatic imine (C=N–C) groups is 1. The van der Waals surface area contributed by atoms with Gasteiger partial charge >= 0.3 is 0 Å². The summed E-state index contributed by atoms with van der Waals surface area (Å²) in [6.45, 7) is 7.20. The van der Waals surface area contributed by atoms with Crippen molar-refractivity contribution in [2.75, 3.05) is 0 Å². The lowest BCUT2D eigenvalue weighted by atomic mass is 10.0. The van der Waals surface area contributed by atoms with Crippen molar-refractivity contribution in [1.29, 1.82) is 5.41 Å². The Balaban J connectivity index is 3.13. The molecule has 1 atom stereocenters. The summed E-state index contributed by atoms with van der Waals surface area (Å²) in [4.78, 5) is 4.71. The summed E-state index contributed by atoms with van der Waals surface area (Å²) in [7, 11) is -3.60. The third-order valence-corrected chi connectivity index (χ3v) is 6.10. The second-order valence-corrected chi connectivity index (χ2v) is 8.58. The summed E-state index contributed by atoms with van der Waals surface area (Å²) in [5, 5.41) is 7.60. The number of amidine groups is 1. The Morgan fingerprint density at radius 2 is 2.07 bits per heavy atom. The monoisotopic (exact) mass is 404 g/mol. The summed E-state index contributed by atoms with van der Waals surface area (Å²) in [6.07, 6.45) is 8.86. The SMILES string of the molecule is C/C=C(\C)S(=O)(=O)NC(Cc1cccc(C(=N)N)c1)C(C)=N/C=C\CCCC. The van der Waals surface area contributed by atoms with Crippen molar-refractivity contribution in [1.82, 2.24) is 4.72 Å². The zero-order valence-corrected chi connectivity index (χ0v) is 18.0. The molecule has 154 valence electrons. The minimum atomic E-state index is -3.60. The van der Waals surface area contributed by atoms with E-state index in [9.17, 15) is 8.42 Å². The van der Waals surface area contributed by atoms with Gasteiger partial charge in [-0.2, -0.15) is 0 Å². The topological polar surface area (TPSA) is 108 Å². The predicted molar refractivity (Wildman–Crippen MR) is 118 cm³/mol. The highest BCUT2D eigenvalue weighted by atomic mass is 32.2. The number of nitrogen functional groups attached to an aromatic ring is 1. The minimum absolute atomic E-state index is 0.0204. The Morgan fingerprint density at radius 1 is 1.36 bits per heavy atom. The molecular formula is C21H32N4O2S. The predicted octanol–water partition coefficient (Wildman–Crippen LogP) is 3.89. The number of rotatable bonds is 11. The van der Waals surface area contributed by atoms with Gasteiger partial charge in [-0.25, -0.2) is 13.1 Å². The summed E-state index contributed by atoms with van der Waals surface area (Å²) >= 11 is 0. The highest BCUT2D eigenvalue weighted by molar-refractivity contribution is 7.93. The van der Waals surface area contributed by atoms with Crippen LogP contribution in [0.25, 0.3) is 0 Å². The van der Waals surface area contributed by atoms with Crippen molar-refractivity contribution in [3.63, 3.8) is 0 Å². The van der Waals surface area contributed by atoms with E-state index >= 15 is 0 Å². The fourth-order valence-electron chi connectivity index (χ4n) is 2.47. The van der Waals surface area contributed by atoms with Crippen molar-refractivity contribution in [2.24, 2.45) is 10.7 Å². The Morgan fingerprint density at radius 3 is 2.68 bits per heavy atom. The molecule has 0 spiro atoms. The Bertz CT molecular complexity index is 855. The molecule has 1 aromatic carbocycles. The maximum atomic E-state index is 12.6. The van der Waals surface area contributed by atoms with Crippen molar-refractivity contribution in [2.45, 2.75) is 59.4 Å². The number of sulfonamides is 1. The second kappa shape index (κ2) is 11.6. The molecule has 0 fully saturated rings. The van der Waals surface area contributed by atoms with E-state index in [1.807, 2.05) is 25.1 Å². The molecule has 0 radical (unpaired) electrons. The van der Waals surface area contributed by atoms with Crippen LogP contribution in [0.2, 0.25) is 0 Å². The highest BCUT2D eigenvalue weighted by Crippen LogP contribution is 2.12. The lowest BCUT2D eigenvalue weighted by Gasteiger charge is -2.19. The van der Waals surface area contributed by atoms with Crippen LogP contribution in [0, 0.1) is 5.41 Å². The standard InChI is InChI=1S/C21H32N4O2S/c1-5-7-8-9-13-24-17(4)20(25-28(26,27)16(3)6-2)15-18-11-10-12-19(14-18)21(22)23/h6,9-14,20,25H,5,7-8,15H2,1-4H3,(H3,22,23)/b13-9-,16-6+,24-17?. The van der Waals surface area contributed by atoms with Crippen LogP contribution in [0.3, 0.4) is 0 Å². The number of nitrogens with zero attached hydrogens (tertiary/aromatic N) is 1. The maximum Gasteiger partial charge on any atom is 0.236 e. The molecule has 1 rings (SSSR count). The number of hydrogen-bond donors (Lipinski definition) is 3. The Hall–Kier alpha value is -2.25. The Kier molecular flexibility index (Phi) is 9.82. The smallest absolute Gasteiger partial charge is 0.236 e. The molecule has 0 aromatic heterocycles. The molecule has 0 aliphatic rings. The van der Waals surface area contributed by atoms with Crippen molar-refractivity contribution in [3.8, 4) is 0 Å². The summed E-state index contributed by atoms with van der Waals surface area (Å²) in [5.74, 6) is -0.0204. The number of hydrogen-bond acceptors (Lipinski definition) is 4. The molecule has 7 heteroatoms. The van der Waals surface area contributed by atoms with Gasteiger partial charge in [0.25, 0.3) is 0 Å².